The topological polar surface area (TPSA) is 63.4 Å². The lowest BCUT2D eigenvalue weighted by molar-refractivity contribution is 0.0993. The lowest BCUT2D eigenvalue weighted by atomic mass is 9.96. The Morgan fingerprint density at radius 3 is 2.84 bits per heavy atom. The molecule has 96 valence electrons. The first-order chi connectivity index (χ1) is 9.18. The number of anilines is 1. The van der Waals surface area contributed by atoms with E-state index in [9.17, 15) is 9.59 Å². The van der Waals surface area contributed by atoms with Gasteiger partial charge in [-0.3, -0.25) is 9.69 Å². The quantitative estimate of drug-likeness (QED) is 0.773. The third-order valence-corrected chi connectivity index (χ3v) is 3.53. The van der Waals surface area contributed by atoms with Crippen molar-refractivity contribution in [3.63, 3.8) is 0 Å². The van der Waals surface area contributed by atoms with Crippen LogP contribution in [0.15, 0.2) is 47.7 Å². The fourth-order valence-electron chi connectivity index (χ4n) is 2.67. The highest BCUT2D eigenvalue weighted by Crippen LogP contribution is 2.35. The van der Waals surface area contributed by atoms with Crippen LogP contribution in [0.1, 0.15) is 29.6 Å². The summed E-state index contributed by atoms with van der Waals surface area (Å²) < 4.78 is 0. The highest BCUT2D eigenvalue weighted by molar-refractivity contribution is 6.09. The highest BCUT2D eigenvalue weighted by atomic mass is 16.2. The number of ketones is 1. The van der Waals surface area contributed by atoms with Crippen molar-refractivity contribution in [2.45, 2.75) is 19.3 Å². The molecule has 4 nitrogen and oxygen atoms in total. The Morgan fingerprint density at radius 2 is 2.05 bits per heavy atom. The van der Waals surface area contributed by atoms with E-state index in [4.69, 9.17) is 5.73 Å². The molecule has 0 spiro atoms. The summed E-state index contributed by atoms with van der Waals surface area (Å²) in [7, 11) is 0. The normalized spacial score (nSPS) is 17.9. The second-order valence-corrected chi connectivity index (χ2v) is 4.72. The van der Waals surface area contributed by atoms with E-state index in [1.165, 1.54) is 4.90 Å². The van der Waals surface area contributed by atoms with Gasteiger partial charge in [-0.25, -0.2) is 4.79 Å². The molecule has 19 heavy (non-hydrogen) atoms. The number of nitrogens with zero attached hydrogens (tertiary/aromatic N) is 1. The van der Waals surface area contributed by atoms with Gasteiger partial charge in [0.1, 0.15) is 0 Å². The van der Waals surface area contributed by atoms with Crippen LogP contribution in [0.4, 0.5) is 10.5 Å². The molecule has 0 bridgehead atoms. The fraction of sp³-hybridized carbons (Fsp3) is 0.200. The smallest absolute Gasteiger partial charge is 0.323 e. The summed E-state index contributed by atoms with van der Waals surface area (Å²) in [5.41, 5.74) is 8.40. The number of hydrogen-bond donors (Lipinski definition) is 1. The van der Waals surface area contributed by atoms with Crippen LogP contribution in [-0.2, 0) is 0 Å². The number of carbonyl (C=O) groups excluding carboxylic acids is 2. The van der Waals surface area contributed by atoms with Gasteiger partial charge in [0.05, 0.1) is 11.4 Å². The average molecular weight is 254 g/mol. The molecule has 3 rings (SSSR count). The van der Waals surface area contributed by atoms with Gasteiger partial charge in [0.2, 0.25) is 0 Å². The fourth-order valence-corrected chi connectivity index (χ4v) is 2.67. The molecule has 0 fully saturated rings. The molecule has 2 aliphatic rings. The standard InChI is InChI=1S/C15H14N2O2/c16-15(19)17-12-7-3-1-5-10(12)9-14(18)11-6-2-4-8-13(11)17/h2-4,6-8H,1,5,9H2,(H2,16,19). The van der Waals surface area contributed by atoms with Crippen LogP contribution < -0.4 is 10.6 Å². The molecule has 0 radical (unpaired) electrons. The molecule has 2 amide bonds. The second-order valence-electron chi connectivity index (χ2n) is 4.72. The number of hydrogen-bond acceptors (Lipinski definition) is 2. The number of para-hydroxylation sites is 1. The summed E-state index contributed by atoms with van der Waals surface area (Å²) in [5, 5.41) is 0. The molecule has 1 aromatic rings. The van der Waals surface area contributed by atoms with Crippen molar-refractivity contribution in [3.05, 3.63) is 53.3 Å². The van der Waals surface area contributed by atoms with Crippen molar-refractivity contribution in [1.82, 2.24) is 0 Å². The Balaban J connectivity index is 2.25. The predicted octanol–water partition coefficient (Wildman–Crippen LogP) is 2.76. The van der Waals surface area contributed by atoms with Crippen LogP contribution in [0.3, 0.4) is 0 Å². The van der Waals surface area contributed by atoms with Crippen molar-refractivity contribution >= 4 is 17.5 Å². The van der Waals surface area contributed by atoms with E-state index >= 15 is 0 Å². The molecule has 0 aromatic heterocycles. The van der Waals surface area contributed by atoms with Crippen LogP contribution in [-0.4, -0.2) is 11.8 Å². The van der Waals surface area contributed by atoms with Gasteiger partial charge in [-0.05, 0) is 36.6 Å². The largest absolute Gasteiger partial charge is 0.351 e. The van der Waals surface area contributed by atoms with E-state index in [1.54, 1.807) is 24.3 Å². The number of nitrogens with two attached hydrogens (primary N) is 1. The van der Waals surface area contributed by atoms with Crippen molar-refractivity contribution < 1.29 is 9.59 Å². The SMILES string of the molecule is NC(=O)N1C2=C(CCC=C2)CC(=O)c2ccccc21. The van der Waals surface area contributed by atoms with Crippen LogP contribution in [0, 0.1) is 0 Å². The van der Waals surface area contributed by atoms with Gasteiger partial charge in [-0.2, -0.15) is 0 Å². The summed E-state index contributed by atoms with van der Waals surface area (Å²) in [6.45, 7) is 0. The zero-order chi connectivity index (χ0) is 13.4. The molecule has 2 N–H and O–H groups in total. The summed E-state index contributed by atoms with van der Waals surface area (Å²) in [6.07, 6.45) is 5.96. The maximum atomic E-state index is 12.3. The van der Waals surface area contributed by atoms with Gasteiger partial charge >= 0.3 is 6.03 Å². The number of fused-ring (bicyclic) bond motifs is 1. The zero-order valence-electron chi connectivity index (χ0n) is 10.4. The molecule has 1 aliphatic carbocycles. The summed E-state index contributed by atoms with van der Waals surface area (Å²) in [4.78, 5) is 25.5. The Kier molecular flexibility index (Phi) is 2.71. The first kappa shape index (κ1) is 11.7. The minimum Gasteiger partial charge on any atom is -0.351 e. The maximum absolute atomic E-state index is 12.3. The summed E-state index contributed by atoms with van der Waals surface area (Å²) >= 11 is 0. The number of carbonyl (C=O) groups is 2. The second kappa shape index (κ2) is 4.39. The van der Waals surface area contributed by atoms with Crippen molar-refractivity contribution in [2.24, 2.45) is 5.73 Å². The first-order valence-electron chi connectivity index (χ1n) is 6.29. The van der Waals surface area contributed by atoms with Crippen LogP contribution in [0.25, 0.3) is 0 Å². The van der Waals surface area contributed by atoms with Gasteiger partial charge in [0.25, 0.3) is 0 Å². The molecule has 0 unspecified atom stereocenters. The number of benzene rings is 1. The third-order valence-electron chi connectivity index (χ3n) is 3.53. The van der Waals surface area contributed by atoms with E-state index in [-0.39, 0.29) is 5.78 Å². The van der Waals surface area contributed by atoms with Gasteiger partial charge in [0, 0.05) is 12.0 Å². The number of rotatable bonds is 0. The van der Waals surface area contributed by atoms with Gasteiger partial charge in [-0.1, -0.05) is 18.2 Å². The highest BCUT2D eigenvalue weighted by Gasteiger charge is 2.29. The Hall–Kier alpha value is -2.36. The molecule has 1 heterocycles. The van der Waals surface area contributed by atoms with Crippen LogP contribution in [0.5, 0.6) is 0 Å². The van der Waals surface area contributed by atoms with Gasteiger partial charge < -0.3 is 5.73 Å². The molecule has 0 atom stereocenters. The van der Waals surface area contributed by atoms with E-state index in [1.807, 2.05) is 12.2 Å². The third kappa shape index (κ3) is 1.85. The van der Waals surface area contributed by atoms with E-state index in [0.29, 0.717) is 17.7 Å². The van der Waals surface area contributed by atoms with E-state index < -0.39 is 6.03 Å². The average Bonchev–Trinajstić information content (AvgIpc) is 2.53. The number of Topliss-reactive ketones (excluding diaryl/α,β-unsaturated/α-hetero) is 1. The molecule has 4 heteroatoms. The van der Waals surface area contributed by atoms with Crippen LogP contribution in [0.2, 0.25) is 0 Å². The lowest BCUT2D eigenvalue weighted by Crippen LogP contribution is -2.35. The molecule has 1 aromatic carbocycles. The zero-order valence-corrected chi connectivity index (χ0v) is 10.4. The van der Waals surface area contributed by atoms with E-state index in [2.05, 4.69) is 0 Å². The summed E-state index contributed by atoms with van der Waals surface area (Å²) in [6, 6.07) is 6.56. The van der Waals surface area contributed by atoms with Crippen LogP contribution >= 0.6 is 0 Å². The molecule has 0 saturated heterocycles. The van der Waals surface area contributed by atoms with Gasteiger partial charge in [0.15, 0.2) is 5.78 Å². The Bertz CT molecular complexity index is 629. The number of amides is 2. The Morgan fingerprint density at radius 1 is 1.26 bits per heavy atom. The van der Waals surface area contributed by atoms with Gasteiger partial charge in [-0.15, -0.1) is 0 Å². The van der Waals surface area contributed by atoms with Crippen molar-refractivity contribution in [3.8, 4) is 0 Å². The minimum absolute atomic E-state index is 0.0437. The van der Waals surface area contributed by atoms with Crippen molar-refractivity contribution in [1.29, 1.82) is 0 Å². The molecule has 0 saturated carbocycles. The maximum Gasteiger partial charge on any atom is 0.323 e. The van der Waals surface area contributed by atoms with E-state index in [0.717, 1.165) is 24.1 Å². The lowest BCUT2D eigenvalue weighted by Gasteiger charge is -2.25. The summed E-state index contributed by atoms with van der Waals surface area (Å²) in [5.74, 6) is 0.0437. The predicted molar refractivity (Wildman–Crippen MR) is 72.9 cm³/mol. The molecular weight excluding hydrogens is 240 g/mol. The first-order valence-corrected chi connectivity index (χ1v) is 6.29. The number of allylic oxidation sites excluding steroid dienone is 3. The number of primary amides is 1. The molecule has 1 aliphatic heterocycles. The molecular formula is C15H14N2O2. The van der Waals surface area contributed by atoms with Crippen molar-refractivity contribution in [2.75, 3.05) is 4.90 Å². The number of urea groups is 1. The Labute approximate surface area is 111 Å². The minimum atomic E-state index is -0.554. The monoisotopic (exact) mass is 254 g/mol.